The fraction of sp³-hybridized carbons (Fsp3) is 0.533. The van der Waals surface area contributed by atoms with Crippen LogP contribution in [0.25, 0.3) is 11.4 Å². The predicted molar refractivity (Wildman–Crippen MR) is 85.1 cm³/mol. The first kappa shape index (κ1) is 15.6. The van der Waals surface area contributed by atoms with Crippen LogP contribution in [0.5, 0.6) is 0 Å². The van der Waals surface area contributed by atoms with Crippen LogP contribution >= 0.6 is 15.9 Å². The number of pyridine rings is 1. The molecule has 118 valence electrons. The van der Waals surface area contributed by atoms with Gasteiger partial charge in [0.1, 0.15) is 5.69 Å². The second kappa shape index (κ2) is 6.85. The van der Waals surface area contributed by atoms with Gasteiger partial charge >= 0.3 is 0 Å². The molecule has 1 aliphatic heterocycles. The van der Waals surface area contributed by atoms with Gasteiger partial charge in [0.05, 0.1) is 23.7 Å². The number of aromatic nitrogens is 4. The minimum absolute atomic E-state index is 0.121. The van der Waals surface area contributed by atoms with E-state index in [1.165, 1.54) is 0 Å². The molecule has 3 heterocycles. The van der Waals surface area contributed by atoms with E-state index in [1.54, 1.807) is 4.68 Å². The van der Waals surface area contributed by atoms with Gasteiger partial charge in [0.2, 0.25) is 0 Å². The van der Waals surface area contributed by atoms with Crippen molar-refractivity contribution in [3.63, 3.8) is 0 Å². The first-order valence-electron chi connectivity index (χ1n) is 7.40. The predicted octanol–water partition coefficient (Wildman–Crippen LogP) is 2.99. The molecule has 0 radical (unpaired) electrons. The zero-order valence-corrected chi connectivity index (χ0v) is 14.3. The summed E-state index contributed by atoms with van der Waals surface area (Å²) in [5.41, 5.74) is 3.43. The Kier molecular flexibility index (Phi) is 4.85. The third-order valence-corrected chi connectivity index (χ3v) is 4.53. The molecule has 3 rings (SSSR count). The third kappa shape index (κ3) is 3.37. The maximum Gasteiger partial charge on any atom is 0.158 e. The van der Waals surface area contributed by atoms with Gasteiger partial charge in [-0.05, 0) is 54.2 Å². The van der Waals surface area contributed by atoms with E-state index >= 15 is 0 Å². The monoisotopic (exact) mass is 366 g/mol. The molecule has 1 saturated heterocycles. The number of nitrogens with zero attached hydrogens (tertiary/aromatic N) is 4. The minimum Gasteiger partial charge on any atom is -0.353 e. The summed E-state index contributed by atoms with van der Waals surface area (Å²) in [6.07, 6.45) is 3.09. The van der Waals surface area contributed by atoms with Crippen molar-refractivity contribution < 1.29 is 9.47 Å². The quantitative estimate of drug-likeness (QED) is 0.832. The molecule has 0 N–H and O–H groups in total. The lowest BCUT2D eigenvalue weighted by molar-refractivity contribution is -0.169. The van der Waals surface area contributed by atoms with Crippen LogP contribution in [0.4, 0.5) is 0 Å². The van der Waals surface area contributed by atoms with Crippen molar-refractivity contribution in [2.45, 2.75) is 39.1 Å². The number of ether oxygens (including phenoxy) is 2. The standard InChI is InChI=1S/C15H19BrN4O2/c1-10-15(18-19-20(10)2)12-7-6-11(16)13(17-12)9-22-14-5-3-4-8-21-14/h6-7,14H,3-5,8-9H2,1-2H3. The molecule has 2 aromatic rings. The first-order valence-corrected chi connectivity index (χ1v) is 8.19. The molecule has 1 atom stereocenters. The molecule has 2 aromatic heterocycles. The second-order valence-corrected chi connectivity index (χ2v) is 6.23. The fourth-order valence-corrected chi connectivity index (χ4v) is 2.71. The van der Waals surface area contributed by atoms with Crippen molar-refractivity contribution in [3.8, 4) is 11.4 Å². The van der Waals surface area contributed by atoms with E-state index in [0.29, 0.717) is 6.61 Å². The van der Waals surface area contributed by atoms with Gasteiger partial charge in [-0.3, -0.25) is 4.68 Å². The van der Waals surface area contributed by atoms with Gasteiger partial charge < -0.3 is 9.47 Å². The van der Waals surface area contributed by atoms with Crippen molar-refractivity contribution in [3.05, 3.63) is 28.0 Å². The van der Waals surface area contributed by atoms with Crippen molar-refractivity contribution in [2.24, 2.45) is 7.05 Å². The summed E-state index contributed by atoms with van der Waals surface area (Å²) >= 11 is 3.53. The van der Waals surface area contributed by atoms with Crippen LogP contribution in [0.3, 0.4) is 0 Å². The highest BCUT2D eigenvalue weighted by Crippen LogP contribution is 2.24. The van der Waals surface area contributed by atoms with Gasteiger partial charge in [0.15, 0.2) is 6.29 Å². The Morgan fingerprint density at radius 2 is 2.27 bits per heavy atom. The van der Waals surface area contributed by atoms with E-state index in [2.05, 4.69) is 31.2 Å². The summed E-state index contributed by atoms with van der Waals surface area (Å²) in [7, 11) is 1.87. The summed E-state index contributed by atoms with van der Waals surface area (Å²) < 4.78 is 14.1. The Balaban J connectivity index is 1.76. The maximum atomic E-state index is 5.82. The van der Waals surface area contributed by atoms with Gasteiger partial charge in [-0.15, -0.1) is 5.10 Å². The van der Waals surface area contributed by atoms with E-state index in [0.717, 1.165) is 53.1 Å². The molecular weight excluding hydrogens is 348 g/mol. The Morgan fingerprint density at radius 3 is 2.95 bits per heavy atom. The second-order valence-electron chi connectivity index (χ2n) is 5.38. The van der Waals surface area contributed by atoms with Crippen molar-refractivity contribution in [1.82, 2.24) is 20.0 Å². The highest BCUT2D eigenvalue weighted by molar-refractivity contribution is 9.10. The Hall–Kier alpha value is -1.31. The number of aryl methyl sites for hydroxylation is 1. The largest absolute Gasteiger partial charge is 0.353 e. The lowest BCUT2D eigenvalue weighted by Crippen LogP contribution is -2.22. The van der Waals surface area contributed by atoms with E-state index in [9.17, 15) is 0 Å². The zero-order chi connectivity index (χ0) is 15.5. The molecule has 0 aliphatic carbocycles. The Bertz CT molecular complexity index is 653. The van der Waals surface area contributed by atoms with E-state index in [-0.39, 0.29) is 6.29 Å². The first-order chi connectivity index (χ1) is 10.6. The third-order valence-electron chi connectivity index (χ3n) is 3.81. The van der Waals surface area contributed by atoms with E-state index in [4.69, 9.17) is 9.47 Å². The van der Waals surface area contributed by atoms with Gasteiger partial charge in [0, 0.05) is 18.1 Å². The van der Waals surface area contributed by atoms with Crippen LogP contribution in [0, 0.1) is 6.92 Å². The minimum atomic E-state index is -0.121. The molecule has 0 spiro atoms. The number of halogens is 1. The van der Waals surface area contributed by atoms with Gasteiger partial charge in [0.25, 0.3) is 0 Å². The molecule has 6 nitrogen and oxygen atoms in total. The van der Waals surface area contributed by atoms with Crippen molar-refractivity contribution >= 4 is 15.9 Å². The van der Waals surface area contributed by atoms with E-state index < -0.39 is 0 Å². The number of hydrogen-bond acceptors (Lipinski definition) is 5. The smallest absolute Gasteiger partial charge is 0.158 e. The Morgan fingerprint density at radius 1 is 1.41 bits per heavy atom. The van der Waals surface area contributed by atoms with Crippen LogP contribution in [0.15, 0.2) is 16.6 Å². The Labute approximate surface area is 138 Å². The van der Waals surface area contributed by atoms with Crippen molar-refractivity contribution in [1.29, 1.82) is 0 Å². The zero-order valence-electron chi connectivity index (χ0n) is 12.8. The molecule has 0 bridgehead atoms. The molecule has 0 amide bonds. The van der Waals surface area contributed by atoms with Crippen LogP contribution in [-0.2, 0) is 23.1 Å². The summed E-state index contributed by atoms with van der Waals surface area (Å²) in [6.45, 7) is 3.17. The van der Waals surface area contributed by atoms with Crippen LogP contribution in [0.2, 0.25) is 0 Å². The summed E-state index contributed by atoms with van der Waals surface area (Å²) in [5.74, 6) is 0. The molecule has 0 saturated carbocycles. The van der Waals surface area contributed by atoms with E-state index in [1.807, 2.05) is 26.1 Å². The number of hydrogen-bond donors (Lipinski definition) is 0. The number of rotatable bonds is 4. The molecule has 22 heavy (non-hydrogen) atoms. The van der Waals surface area contributed by atoms with Gasteiger partial charge in [-0.2, -0.15) is 0 Å². The summed E-state index contributed by atoms with van der Waals surface area (Å²) in [5, 5.41) is 8.20. The maximum absolute atomic E-state index is 5.82. The lowest BCUT2D eigenvalue weighted by Gasteiger charge is -2.22. The lowest BCUT2D eigenvalue weighted by atomic mass is 10.2. The molecule has 7 heteroatoms. The average molecular weight is 367 g/mol. The highest BCUT2D eigenvalue weighted by atomic mass is 79.9. The van der Waals surface area contributed by atoms with Gasteiger partial charge in [-0.25, -0.2) is 4.98 Å². The summed E-state index contributed by atoms with van der Waals surface area (Å²) in [4.78, 5) is 4.66. The molecular formula is C15H19BrN4O2. The highest BCUT2D eigenvalue weighted by Gasteiger charge is 2.16. The summed E-state index contributed by atoms with van der Waals surface area (Å²) in [6, 6.07) is 3.90. The molecule has 1 aliphatic rings. The molecule has 1 unspecified atom stereocenters. The van der Waals surface area contributed by atoms with Gasteiger partial charge in [-0.1, -0.05) is 5.21 Å². The van der Waals surface area contributed by atoms with Crippen LogP contribution < -0.4 is 0 Å². The molecule has 0 aromatic carbocycles. The van der Waals surface area contributed by atoms with Crippen molar-refractivity contribution in [2.75, 3.05) is 6.61 Å². The fourth-order valence-electron chi connectivity index (χ4n) is 2.37. The van der Waals surface area contributed by atoms with Crippen LogP contribution in [0.1, 0.15) is 30.7 Å². The topological polar surface area (TPSA) is 62.1 Å². The van der Waals surface area contributed by atoms with Crippen LogP contribution in [-0.4, -0.2) is 32.9 Å². The average Bonchev–Trinajstić information content (AvgIpc) is 2.87. The molecule has 1 fully saturated rings. The normalized spacial score (nSPS) is 18.6. The SMILES string of the molecule is Cc1c(-c2ccc(Br)c(COC3CCCCO3)n2)nnn1C.